The summed E-state index contributed by atoms with van der Waals surface area (Å²) in [7, 11) is 1.51. The van der Waals surface area contributed by atoms with Crippen LogP contribution in [0.2, 0.25) is 0 Å². The van der Waals surface area contributed by atoms with Gasteiger partial charge in [-0.2, -0.15) is 0 Å². The van der Waals surface area contributed by atoms with Gasteiger partial charge in [0, 0.05) is 17.8 Å². The Kier molecular flexibility index (Phi) is 4.42. The predicted octanol–water partition coefficient (Wildman–Crippen LogP) is 3.08. The molecule has 0 aliphatic rings. The van der Waals surface area contributed by atoms with Gasteiger partial charge in [-0.05, 0) is 43.3 Å². The molecule has 5 heteroatoms. The van der Waals surface area contributed by atoms with E-state index in [4.69, 9.17) is 10.5 Å². The van der Waals surface area contributed by atoms with Gasteiger partial charge in [0.25, 0.3) is 5.91 Å². The molecule has 2 N–H and O–H groups in total. The Balaban J connectivity index is 2.34. The standard InChI is InChI=1S/C16H17FN2O2/c1-3-19(13-6-4-5-12(17)10-13)16(20)11-7-8-15(21-2)14(18)9-11/h4-10H,3,18H2,1-2H3. The number of hydrogen-bond acceptors (Lipinski definition) is 3. The monoisotopic (exact) mass is 288 g/mol. The van der Waals surface area contributed by atoms with Gasteiger partial charge in [-0.15, -0.1) is 0 Å². The van der Waals surface area contributed by atoms with Crippen molar-refractivity contribution in [1.29, 1.82) is 0 Å². The number of ether oxygens (including phenoxy) is 1. The number of carbonyl (C=O) groups is 1. The number of methoxy groups -OCH3 is 1. The van der Waals surface area contributed by atoms with Gasteiger partial charge in [-0.25, -0.2) is 4.39 Å². The maximum absolute atomic E-state index is 13.3. The Morgan fingerprint density at radius 3 is 2.62 bits per heavy atom. The molecule has 0 aliphatic carbocycles. The minimum Gasteiger partial charge on any atom is -0.495 e. The van der Waals surface area contributed by atoms with Crippen LogP contribution in [0.5, 0.6) is 5.75 Å². The van der Waals surface area contributed by atoms with Crippen LogP contribution in [-0.4, -0.2) is 19.6 Å². The van der Waals surface area contributed by atoms with Crippen LogP contribution in [-0.2, 0) is 0 Å². The van der Waals surface area contributed by atoms with Crippen LogP contribution in [0.15, 0.2) is 42.5 Å². The highest BCUT2D eigenvalue weighted by Crippen LogP contribution is 2.24. The fourth-order valence-electron chi connectivity index (χ4n) is 2.11. The molecule has 0 fully saturated rings. The number of hydrogen-bond donors (Lipinski definition) is 1. The van der Waals surface area contributed by atoms with Crippen LogP contribution in [0.1, 0.15) is 17.3 Å². The summed E-state index contributed by atoms with van der Waals surface area (Å²) < 4.78 is 18.4. The van der Waals surface area contributed by atoms with Gasteiger partial charge in [0.05, 0.1) is 12.8 Å². The fourth-order valence-corrected chi connectivity index (χ4v) is 2.11. The van der Waals surface area contributed by atoms with Gasteiger partial charge < -0.3 is 15.4 Å². The van der Waals surface area contributed by atoms with Crippen molar-refractivity contribution in [3.63, 3.8) is 0 Å². The van der Waals surface area contributed by atoms with E-state index in [1.54, 1.807) is 30.3 Å². The lowest BCUT2D eigenvalue weighted by atomic mass is 10.1. The Morgan fingerprint density at radius 2 is 2.05 bits per heavy atom. The molecule has 0 aromatic heterocycles. The number of benzene rings is 2. The minimum atomic E-state index is -0.381. The van der Waals surface area contributed by atoms with Crippen molar-refractivity contribution >= 4 is 17.3 Å². The van der Waals surface area contributed by atoms with Crippen LogP contribution < -0.4 is 15.4 Å². The molecule has 0 spiro atoms. The molecule has 21 heavy (non-hydrogen) atoms. The highest BCUT2D eigenvalue weighted by Gasteiger charge is 2.17. The summed E-state index contributed by atoms with van der Waals surface area (Å²) in [6.45, 7) is 2.25. The molecule has 2 aromatic carbocycles. The SMILES string of the molecule is CCN(C(=O)c1ccc(OC)c(N)c1)c1cccc(F)c1. The number of nitrogen functional groups attached to an aromatic ring is 1. The second-order valence-corrected chi connectivity index (χ2v) is 4.49. The van der Waals surface area contributed by atoms with Crippen molar-refractivity contribution in [2.75, 3.05) is 24.3 Å². The summed E-state index contributed by atoms with van der Waals surface area (Å²) in [6, 6.07) is 10.8. The van der Waals surface area contributed by atoms with Gasteiger partial charge in [-0.3, -0.25) is 4.79 Å². The molecule has 0 unspecified atom stereocenters. The molecular weight excluding hydrogens is 271 g/mol. The van der Waals surface area contributed by atoms with Gasteiger partial charge in [0.15, 0.2) is 0 Å². The number of nitrogens with two attached hydrogens (primary N) is 1. The number of nitrogens with zero attached hydrogens (tertiary/aromatic N) is 1. The van der Waals surface area contributed by atoms with Crippen molar-refractivity contribution in [2.24, 2.45) is 0 Å². The van der Waals surface area contributed by atoms with E-state index >= 15 is 0 Å². The topological polar surface area (TPSA) is 55.6 Å². The van der Waals surface area contributed by atoms with Crippen molar-refractivity contribution in [3.8, 4) is 5.75 Å². The molecule has 0 bridgehead atoms. The Bertz CT molecular complexity index is 658. The van der Waals surface area contributed by atoms with Crippen LogP contribution in [0.25, 0.3) is 0 Å². The molecule has 0 radical (unpaired) electrons. The fraction of sp³-hybridized carbons (Fsp3) is 0.188. The van der Waals surface area contributed by atoms with Gasteiger partial charge >= 0.3 is 0 Å². The maximum atomic E-state index is 13.3. The number of rotatable bonds is 4. The van der Waals surface area contributed by atoms with Gasteiger partial charge in [-0.1, -0.05) is 6.07 Å². The second-order valence-electron chi connectivity index (χ2n) is 4.49. The number of amides is 1. The third kappa shape index (κ3) is 3.13. The maximum Gasteiger partial charge on any atom is 0.258 e. The number of carbonyl (C=O) groups excluding carboxylic acids is 1. The smallest absolute Gasteiger partial charge is 0.258 e. The zero-order valence-corrected chi connectivity index (χ0v) is 12.0. The van der Waals surface area contributed by atoms with E-state index in [1.165, 1.54) is 24.1 Å². The Morgan fingerprint density at radius 1 is 1.29 bits per heavy atom. The van der Waals surface area contributed by atoms with E-state index < -0.39 is 0 Å². The first-order valence-corrected chi connectivity index (χ1v) is 6.57. The molecule has 0 aliphatic heterocycles. The quantitative estimate of drug-likeness (QED) is 0.880. The summed E-state index contributed by atoms with van der Waals surface area (Å²) in [5, 5.41) is 0. The van der Waals surface area contributed by atoms with E-state index in [-0.39, 0.29) is 11.7 Å². The molecule has 0 saturated carbocycles. The first kappa shape index (κ1) is 14.8. The molecule has 1 amide bonds. The molecule has 2 rings (SSSR count). The van der Waals surface area contributed by atoms with Crippen molar-refractivity contribution < 1.29 is 13.9 Å². The molecule has 0 saturated heterocycles. The highest BCUT2D eigenvalue weighted by atomic mass is 19.1. The third-order valence-electron chi connectivity index (χ3n) is 3.16. The van der Waals surface area contributed by atoms with E-state index in [0.29, 0.717) is 29.2 Å². The largest absolute Gasteiger partial charge is 0.495 e. The van der Waals surface area contributed by atoms with Crippen molar-refractivity contribution in [3.05, 3.63) is 53.8 Å². The summed E-state index contributed by atoms with van der Waals surface area (Å²) in [5.74, 6) is -0.106. The molecular formula is C16H17FN2O2. The van der Waals surface area contributed by atoms with E-state index in [0.717, 1.165) is 0 Å². The first-order chi connectivity index (χ1) is 10.1. The van der Waals surface area contributed by atoms with E-state index in [9.17, 15) is 9.18 Å². The number of halogens is 1. The highest BCUT2D eigenvalue weighted by molar-refractivity contribution is 6.06. The lowest BCUT2D eigenvalue weighted by molar-refractivity contribution is 0.0988. The molecule has 110 valence electrons. The minimum absolute atomic E-state index is 0.238. The van der Waals surface area contributed by atoms with Crippen molar-refractivity contribution in [1.82, 2.24) is 0 Å². The summed E-state index contributed by atoms with van der Waals surface area (Å²) in [5.41, 5.74) is 7.15. The first-order valence-electron chi connectivity index (χ1n) is 6.57. The predicted molar refractivity (Wildman–Crippen MR) is 81.2 cm³/mol. The van der Waals surface area contributed by atoms with Crippen molar-refractivity contribution in [2.45, 2.75) is 6.92 Å². The zero-order valence-electron chi connectivity index (χ0n) is 12.0. The molecule has 2 aromatic rings. The summed E-state index contributed by atoms with van der Waals surface area (Å²) in [6.07, 6.45) is 0. The van der Waals surface area contributed by atoms with Gasteiger partial charge in [0.1, 0.15) is 11.6 Å². The average molecular weight is 288 g/mol. The number of anilines is 2. The Hall–Kier alpha value is -2.56. The van der Waals surface area contributed by atoms with Crippen LogP contribution in [0, 0.1) is 5.82 Å². The summed E-state index contributed by atoms with van der Waals surface area (Å²) >= 11 is 0. The summed E-state index contributed by atoms with van der Waals surface area (Å²) in [4.78, 5) is 14.0. The second kappa shape index (κ2) is 6.26. The normalized spacial score (nSPS) is 10.2. The van der Waals surface area contributed by atoms with E-state index in [1.807, 2.05) is 6.92 Å². The van der Waals surface area contributed by atoms with Crippen LogP contribution >= 0.6 is 0 Å². The molecule has 4 nitrogen and oxygen atoms in total. The average Bonchev–Trinajstić information content (AvgIpc) is 2.48. The van der Waals surface area contributed by atoms with Crippen LogP contribution in [0.4, 0.5) is 15.8 Å². The van der Waals surface area contributed by atoms with E-state index in [2.05, 4.69) is 0 Å². The van der Waals surface area contributed by atoms with Gasteiger partial charge in [0.2, 0.25) is 0 Å². The molecule has 0 atom stereocenters. The zero-order chi connectivity index (χ0) is 15.4. The lowest BCUT2D eigenvalue weighted by Gasteiger charge is -2.21. The Labute approximate surface area is 122 Å². The lowest BCUT2D eigenvalue weighted by Crippen LogP contribution is -2.30. The molecule has 0 heterocycles. The van der Waals surface area contributed by atoms with Crippen LogP contribution in [0.3, 0.4) is 0 Å². The third-order valence-corrected chi connectivity index (χ3v) is 3.16.